The van der Waals surface area contributed by atoms with Gasteiger partial charge in [0.15, 0.2) is 5.16 Å². The quantitative estimate of drug-likeness (QED) is 0.206. The highest BCUT2D eigenvalue weighted by Gasteiger charge is 2.10. The average Bonchev–Trinajstić information content (AvgIpc) is 2.65. The summed E-state index contributed by atoms with van der Waals surface area (Å²) in [4.78, 5) is 30.4. The van der Waals surface area contributed by atoms with Crippen LogP contribution in [0.3, 0.4) is 0 Å². The summed E-state index contributed by atoms with van der Waals surface area (Å²) in [6.07, 6.45) is 0. The van der Waals surface area contributed by atoms with Crippen LogP contribution in [0.25, 0.3) is 10.9 Å². The molecular formula is C17H14ClN3O3S2. The molecule has 134 valence electrons. The van der Waals surface area contributed by atoms with Crippen molar-refractivity contribution < 1.29 is 4.92 Å². The first-order chi connectivity index (χ1) is 12.5. The molecule has 3 rings (SSSR count). The number of nitro benzene ring substituents is 1. The molecule has 3 aromatic rings. The molecule has 0 saturated heterocycles. The van der Waals surface area contributed by atoms with Gasteiger partial charge in [0.2, 0.25) is 0 Å². The molecular weight excluding hydrogens is 394 g/mol. The van der Waals surface area contributed by atoms with Crippen LogP contribution in [0.15, 0.2) is 63.4 Å². The zero-order valence-corrected chi connectivity index (χ0v) is 15.8. The normalized spacial score (nSPS) is 12.2. The van der Waals surface area contributed by atoms with Crippen molar-refractivity contribution in [2.24, 2.45) is 0 Å². The lowest BCUT2D eigenvalue weighted by molar-refractivity contribution is -0.384. The number of alkyl halides is 1. The molecule has 1 heterocycles. The molecule has 0 aliphatic carbocycles. The van der Waals surface area contributed by atoms with Crippen molar-refractivity contribution in [3.8, 4) is 0 Å². The maximum absolute atomic E-state index is 12.0. The summed E-state index contributed by atoms with van der Waals surface area (Å²) in [5.41, 5.74) is 0.563. The van der Waals surface area contributed by atoms with E-state index in [1.165, 1.54) is 35.7 Å². The van der Waals surface area contributed by atoms with E-state index < -0.39 is 4.92 Å². The molecule has 1 aromatic heterocycles. The van der Waals surface area contributed by atoms with E-state index >= 15 is 0 Å². The first-order valence-corrected chi connectivity index (χ1v) is 10.1. The van der Waals surface area contributed by atoms with Crippen LogP contribution < -0.4 is 5.56 Å². The molecule has 26 heavy (non-hydrogen) atoms. The molecule has 0 aliphatic heterocycles. The third-order valence-electron chi connectivity index (χ3n) is 3.47. The molecule has 0 bridgehead atoms. The number of nitro groups is 1. The van der Waals surface area contributed by atoms with E-state index in [0.717, 1.165) is 4.90 Å². The van der Waals surface area contributed by atoms with Gasteiger partial charge in [0.1, 0.15) is 0 Å². The van der Waals surface area contributed by atoms with E-state index in [1.54, 1.807) is 30.3 Å². The van der Waals surface area contributed by atoms with Gasteiger partial charge in [-0.25, -0.2) is 4.98 Å². The van der Waals surface area contributed by atoms with Gasteiger partial charge >= 0.3 is 0 Å². The predicted octanol–water partition coefficient (Wildman–Crippen LogP) is 4.32. The van der Waals surface area contributed by atoms with Crippen LogP contribution in [0.4, 0.5) is 5.69 Å². The van der Waals surface area contributed by atoms with Crippen LogP contribution in [0.2, 0.25) is 0 Å². The molecule has 0 radical (unpaired) electrons. The molecule has 1 N–H and O–H groups in total. The number of aromatic amines is 1. The molecule has 0 unspecified atom stereocenters. The minimum Gasteiger partial charge on any atom is -0.301 e. The Hall–Kier alpha value is -2.03. The number of thioether (sulfide) groups is 2. The number of non-ortho nitro benzene ring substituents is 1. The number of rotatable bonds is 7. The lowest BCUT2D eigenvalue weighted by atomic mass is 10.2. The zero-order valence-electron chi connectivity index (χ0n) is 13.4. The Balaban J connectivity index is 1.55. The summed E-state index contributed by atoms with van der Waals surface area (Å²) >= 11 is 9.28. The fraction of sp³-hybridized carbons (Fsp3) is 0.176. The third-order valence-corrected chi connectivity index (χ3v) is 6.36. The molecule has 0 amide bonds. The average molecular weight is 408 g/mol. The van der Waals surface area contributed by atoms with Gasteiger partial charge in [0, 0.05) is 28.5 Å². The van der Waals surface area contributed by atoms with Crippen LogP contribution in [-0.2, 0) is 0 Å². The molecule has 0 saturated carbocycles. The Kier molecular flexibility index (Phi) is 6.18. The van der Waals surface area contributed by atoms with Crippen LogP contribution in [0.1, 0.15) is 0 Å². The Morgan fingerprint density at radius 1 is 1.12 bits per heavy atom. The second kappa shape index (κ2) is 8.57. The Labute approximate surface area is 162 Å². The van der Waals surface area contributed by atoms with Crippen LogP contribution in [-0.4, -0.2) is 31.8 Å². The number of halogens is 1. The smallest absolute Gasteiger partial charge is 0.269 e. The van der Waals surface area contributed by atoms with E-state index in [-0.39, 0.29) is 16.6 Å². The van der Waals surface area contributed by atoms with Crippen LogP contribution >= 0.6 is 35.1 Å². The van der Waals surface area contributed by atoms with Gasteiger partial charge in [-0.05, 0) is 24.3 Å². The van der Waals surface area contributed by atoms with E-state index in [4.69, 9.17) is 11.6 Å². The van der Waals surface area contributed by atoms with E-state index in [0.29, 0.717) is 27.6 Å². The van der Waals surface area contributed by atoms with Gasteiger partial charge in [-0.15, -0.1) is 23.4 Å². The van der Waals surface area contributed by atoms with Gasteiger partial charge in [-0.2, -0.15) is 0 Å². The van der Waals surface area contributed by atoms with Gasteiger partial charge in [0.25, 0.3) is 11.2 Å². The summed E-state index contributed by atoms with van der Waals surface area (Å²) in [6.45, 7) is 0. The summed E-state index contributed by atoms with van der Waals surface area (Å²) < 4.78 is 0. The topological polar surface area (TPSA) is 88.9 Å². The van der Waals surface area contributed by atoms with Crippen molar-refractivity contribution in [3.63, 3.8) is 0 Å². The summed E-state index contributed by atoms with van der Waals surface area (Å²) in [6, 6.07) is 13.6. The maximum Gasteiger partial charge on any atom is 0.269 e. The Morgan fingerprint density at radius 2 is 1.81 bits per heavy atom. The number of hydrogen-bond acceptors (Lipinski definition) is 6. The van der Waals surface area contributed by atoms with Gasteiger partial charge in [-0.1, -0.05) is 23.9 Å². The standard InChI is InChI=1S/C17H14ClN3O3S2/c18-11(9-25-13-7-5-12(6-8-13)21(23)24)10-26-17-19-15-4-2-1-3-14(15)16(22)20-17/h1-8,11H,9-10H2,(H,19,20,22)/t11-/m1/s1. The molecule has 2 aromatic carbocycles. The van der Waals surface area contributed by atoms with E-state index in [9.17, 15) is 14.9 Å². The van der Waals surface area contributed by atoms with Crippen molar-refractivity contribution >= 4 is 51.7 Å². The number of fused-ring (bicyclic) bond motifs is 1. The maximum atomic E-state index is 12.0. The number of benzene rings is 2. The molecule has 0 aliphatic rings. The molecule has 0 spiro atoms. The number of hydrogen-bond donors (Lipinski definition) is 1. The highest BCUT2D eigenvalue weighted by Crippen LogP contribution is 2.25. The predicted molar refractivity (Wildman–Crippen MR) is 107 cm³/mol. The minimum absolute atomic E-state index is 0.0682. The van der Waals surface area contributed by atoms with E-state index in [1.807, 2.05) is 6.07 Å². The second-order valence-electron chi connectivity index (χ2n) is 5.36. The monoisotopic (exact) mass is 407 g/mol. The number of nitrogens with one attached hydrogen (secondary N) is 1. The summed E-state index contributed by atoms with van der Waals surface area (Å²) in [5.74, 6) is 1.23. The Bertz CT molecular complexity index is 979. The number of nitrogens with zero attached hydrogens (tertiary/aromatic N) is 2. The first kappa shape index (κ1) is 18.8. The lowest BCUT2D eigenvalue weighted by Crippen LogP contribution is -2.11. The molecule has 6 nitrogen and oxygen atoms in total. The number of aromatic nitrogens is 2. The van der Waals surface area contributed by atoms with Crippen molar-refractivity contribution in [1.29, 1.82) is 0 Å². The largest absolute Gasteiger partial charge is 0.301 e. The zero-order chi connectivity index (χ0) is 18.5. The third kappa shape index (κ3) is 4.78. The van der Waals surface area contributed by atoms with Crippen molar-refractivity contribution in [2.45, 2.75) is 15.4 Å². The fourth-order valence-electron chi connectivity index (χ4n) is 2.20. The second-order valence-corrected chi connectivity index (χ2v) is 8.08. The van der Waals surface area contributed by atoms with Crippen molar-refractivity contribution in [2.75, 3.05) is 11.5 Å². The SMILES string of the molecule is O=c1[nH]c(SC[C@H](Cl)CSc2ccc([N+](=O)[O-])cc2)nc2ccccc12. The van der Waals surface area contributed by atoms with Gasteiger partial charge < -0.3 is 4.98 Å². The van der Waals surface area contributed by atoms with Gasteiger partial charge in [-0.3, -0.25) is 14.9 Å². The number of para-hydroxylation sites is 1. The van der Waals surface area contributed by atoms with Crippen LogP contribution in [0.5, 0.6) is 0 Å². The highest BCUT2D eigenvalue weighted by atomic mass is 35.5. The Morgan fingerprint density at radius 3 is 2.54 bits per heavy atom. The lowest BCUT2D eigenvalue weighted by Gasteiger charge is -2.09. The van der Waals surface area contributed by atoms with E-state index in [2.05, 4.69) is 9.97 Å². The summed E-state index contributed by atoms with van der Waals surface area (Å²) in [7, 11) is 0. The van der Waals surface area contributed by atoms with Crippen molar-refractivity contribution in [3.05, 3.63) is 69.0 Å². The number of H-pyrrole nitrogens is 1. The highest BCUT2D eigenvalue weighted by molar-refractivity contribution is 8.00. The molecule has 1 atom stereocenters. The van der Waals surface area contributed by atoms with Crippen molar-refractivity contribution in [1.82, 2.24) is 9.97 Å². The first-order valence-electron chi connectivity index (χ1n) is 7.66. The molecule has 9 heteroatoms. The van der Waals surface area contributed by atoms with Crippen LogP contribution in [0, 0.1) is 10.1 Å². The summed E-state index contributed by atoms with van der Waals surface area (Å²) in [5, 5.41) is 11.6. The molecule has 0 fully saturated rings. The van der Waals surface area contributed by atoms with Gasteiger partial charge in [0.05, 0.1) is 21.2 Å². The fourth-order valence-corrected chi connectivity index (χ4v) is 4.33. The minimum atomic E-state index is -0.424.